The van der Waals surface area contributed by atoms with E-state index < -0.39 is 177 Å². The molecule has 0 amide bonds. The first-order chi connectivity index (χ1) is 58.7. The number of alkyl halides is 4. The molecule has 120 heavy (non-hydrogen) atoms. The number of hydrogen-bond donors (Lipinski definition) is 12. The summed E-state index contributed by atoms with van der Waals surface area (Å²) in [6.45, 7) is -10.7. The molecule has 4 unspecified atom stereocenters. The van der Waals surface area contributed by atoms with E-state index in [0.29, 0.717) is 31.4 Å². The molecule has 4 aromatic heterocycles. The van der Waals surface area contributed by atoms with Crippen LogP contribution in [0.25, 0.3) is 0 Å². The summed E-state index contributed by atoms with van der Waals surface area (Å²) >= 11 is 42.5. The maximum atomic E-state index is 15.8. The molecule has 8 aliphatic heterocycles. The maximum absolute atomic E-state index is 15.8. The number of nitrogens with zero attached hydrogens (tertiary/aromatic N) is 4. The van der Waals surface area contributed by atoms with Gasteiger partial charge in [-0.15, -0.1) is 0 Å². The molecule has 0 spiro atoms. The molecule has 0 bridgehead atoms. The van der Waals surface area contributed by atoms with Crippen molar-refractivity contribution in [3.63, 3.8) is 0 Å². The molecule has 12 heterocycles. The van der Waals surface area contributed by atoms with Gasteiger partial charge in [-0.1, -0.05) is 168 Å². The van der Waals surface area contributed by atoms with Gasteiger partial charge < -0.3 is 77.9 Å². The number of nitrogens with one attached hydrogen (secondary N) is 4. The lowest BCUT2D eigenvalue weighted by atomic mass is 10.1. The SMILES string of the molecule is O=c1[nH]c(=S)c(Cl)cn1[C@@H]1O[C@](F)(COP2(=O)OCc3ccccc3O2)[C@@H](O)[C@H]1O.[2H]C([2H])(OP1(=O)OCc2ccccc2O1)[C@@]1(F)O[C@@H](n2cc(Cl)c(=S)[nH]c2=O)[C@H](O)[C@@H]1O.[2H]C([2H])(OP1(=O)OCc2ccccc2O1)[C@@]1(F)O[C@@]([2H])(n2cc(Cl)c(=S)[nH]c2=O)[C@H](O)[C@@H]1O.[2H][C@@]1(n2cc(Cl)c(=S)[nH]c2=O)O[C@](F)(COP2(=O)OCc3ccccc3O2)[C@@H](O)[C@H]1O. The molecule has 648 valence electrons. The number of fused-ring (bicyclic) bond motifs is 4. The van der Waals surface area contributed by atoms with Gasteiger partial charge in [-0.2, -0.15) is 0 Å². The predicted molar refractivity (Wildman–Crippen MR) is 409 cm³/mol. The van der Waals surface area contributed by atoms with Gasteiger partial charge in [0.15, 0.2) is 24.9 Å². The lowest BCUT2D eigenvalue weighted by molar-refractivity contribution is -0.205. The first-order valence-corrected chi connectivity index (χ1v) is 42.5. The lowest BCUT2D eigenvalue weighted by Crippen LogP contribution is -2.43. The molecule has 0 radical (unpaired) electrons. The van der Waals surface area contributed by atoms with Crippen LogP contribution in [0.5, 0.6) is 23.0 Å². The van der Waals surface area contributed by atoms with Crippen molar-refractivity contribution in [3.05, 3.63) is 225 Å². The Morgan fingerprint density at radius 2 is 0.642 bits per heavy atom. The van der Waals surface area contributed by atoms with Crippen LogP contribution >= 0.6 is 127 Å². The van der Waals surface area contributed by atoms with Crippen LogP contribution in [-0.4, -0.2) is 178 Å². The van der Waals surface area contributed by atoms with Gasteiger partial charge >= 0.3 is 54.0 Å². The Labute approximate surface area is 716 Å². The average Bonchev–Trinajstić information content (AvgIpc) is 1.57. The highest BCUT2D eigenvalue weighted by atomic mass is 35.5. The zero-order valence-corrected chi connectivity index (χ0v) is 69.0. The average molecular weight is 1930 g/mol. The Morgan fingerprint density at radius 3 is 0.975 bits per heavy atom. The molecule has 40 nitrogen and oxygen atoms in total. The largest absolute Gasteiger partial charge is 0.530 e. The molecule has 56 heteroatoms. The third-order valence-electron chi connectivity index (χ3n) is 17.5. The number of H-pyrrole nitrogens is 4. The Kier molecular flexibility index (Phi) is 24.8. The standard InChI is InChI=1S/4C16H15ClFN2O8PS/c4*17-9-5-20(15(23)19-13(9)30)14-11(21)12(22)16(18,27-14)7-26-29(24)25-6-8-3-1-2-4-10(8)28-29/h4*1-5,11-12,14,21-22H,6-7H2,(H,19,23,30)/t4*11-,12+,14-,16-,29?/m1111/s1/i7D2,14D;14D;7D2;. The van der Waals surface area contributed by atoms with Crippen molar-refractivity contribution in [1.29, 1.82) is 0 Å². The number of phosphoric acid groups is 4. The molecular weight excluding hydrogens is 1860 g/mol. The fraction of sp³-hybridized carbons (Fsp3) is 0.375. The number of ether oxygens (including phenoxy) is 4. The van der Waals surface area contributed by atoms with E-state index in [4.69, 9.17) is 172 Å². The Hall–Kier alpha value is -6.52. The fourth-order valence-corrected chi connectivity index (χ4v) is 17.1. The summed E-state index contributed by atoms with van der Waals surface area (Å²) in [5, 5.41) is 81.3. The van der Waals surface area contributed by atoms with Crippen molar-refractivity contribution >= 4 is 127 Å². The van der Waals surface area contributed by atoms with Crippen molar-refractivity contribution in [2.45, 2.75) is 124 Å². The Morgan fingerprint density at radius 1 is 0.400 bits per heavy atom. The third-order valence-corrected chi connectivity index (χ3v) is 25.3. The molecule has 4 aromatic carbocycles. The van der Waals surface area contributed by atoms with Gasteiger partial charge in [-0.3, -0.25) is 74.4 Å². The van der Waals surface area contributed by atoms with E-state index in [2.05, 4.69) is 24.5 Å². The van der Waals surface area contributed by atoms with E-state index in [1.165, 1.54) is 30.3 Å². The molecule has 0 aliphatic carbocycles. The van der Waals surface area contributed by atoms with Gasteiger partial charge in [0.05, 0.1) is 54.7 Å². The maximum Gasteiger partial charge on any atom is 0.530 e. The minimum atomic E-state index is -4.80. The normalized spacial score (nSPS) is 35.3. The number of phosphoric ester groups is 4. The second-order valence-corrected chi connectivity index (χ2v) is 35.0. The molecule has 0 saturated carbocycles. The molecule has 16 rings (SSSR count). The summed E-state index contributed by atoms with van der Waals surface area (Å²) in [4.78, 5) is 57.2. The van der Waals surface area contributed by atoms with Crippen LogP contribution in [0, 0.1) is 18.6 Å². The summed E-state index contributed by atoms with van der Waals surface area (Å²) in [5.41, 5.74) is -1.92. The summed E-state index contributed by atoms with van der Waals surface area (Å²) < 4.78 is 243. The van der Waals surface area contributed by atoms with Crippen LogP contribution in [0.4, 0.5) is 17.6 Å². The highest BCUT2D eigenvalue weighted by Crippen LogP contribution is 2.60. The minimum absolute atomic E-state index is 0.0271. The van der Waals surface area contributed by atoms with Gasteiger partial charge in [0.2, 0.25) is 0 Å². The zero-order chi connectivity index (χ0) is 92.2. The van der Waals surface area contributed by atoms with E-state index in [1.807, 2.05) is 0 Å². The number of aliphatic hydroxyl groups is 8. The molecule has 12 N–H and O–H groups in total. The lowest BCUT2D eigenvalue weighted by Gasteiger charge is -2.28. The summed E-state index contributed by atoms with van der Waals surface area (Å²) in [6, 6.07) is 25.5. The third kappa shape index (κ3) is 19.3. The quantitative estimate of drug-likeness (QED) is 0.0244. The zero-order valence-electron chi connectivity index (χ0n) is 65.2. The van der Waals surface area contributed by atoms with Crippen LogP contribution < -0.4 is 40.9 Å². The number of aromatic amines is 4. The summed E-state index contributed by atoms with van der Waals surface area (Å²) in [7, 11) is -18.1. The molecule has 8 aromatic rings. The van der Waals surface area contributed by atoms with Crippen molar-refractivity contribution in [3.8, 4) is 23.0 Å². The molecular formula is C64H60Cl4F4N8O32P4S4. The molecule has 8 aliphatic rings. The molecule has 4 saturated heterocycles. The van der Waals surface area contributed by atoms with Gasteiger partial charge in [0.1, 0.15) is 117 Å². The van der Waals surface area contributed by atoms with Gasteiger partial charge in [0.25, 0.3) is 23.4 Å². The van der Waals surface area contributed by atoms with Crippen molar-refractivity contribution < 1.29 is 158 Å². The van der Waals surface area contributed by atoms with E-state index in [9.17, 15) is 78.3 Å². The second-order valence-electron chi connectivity index (χ2n) is 25.5. The van der Waals surface area contributed by atoms with Gasteiger partial charge in [-0.25, -0.2) is 55.0 Å². The van der Waals surface area contributed by atoms with E-state index in [1.54, 1.807) is 66.7 Å². The summed E-state index contributed by atoms with van der Waals surface area (Å²) in [5.74, 6) is -13.6. The van der Waals surface area contributed by atoms with E-state index in [-0.39, 0.29) is 92.6 Å². The van der Waals surface area contributed by atoms with Crippen molar-refractivity contribution in [2.24, 2.45) is 0 Å². The first-order valence-electron chi connectivity index (χ1n) is 36.5. The van der Waals surface area contributed by atoms with E-state index in [0.717, 1.165) is 29.4 Å². The molecule has 4 fully saturated rings. The van der Waals surface area contributed by atoms with Crippen molar-refractivity contribution in [2.75, 3.05) is 26.3 Å². The van der Waals surface area contributed by atoms with Crippen LogP contribution in [0.1, 0.15) is 55.3 Å². The minimum Gasteiger partial charge on any atom is -0.404 e. The van der Waals surface area contributed by atoms with Crippen molar-refractivity contribution in [1.82, 2.24) is 38.2 Å². The highest BCUT2D eigenvalue weighted by Gasteiger charge is 2.62. The Balaban J connectivity index is 0.000000144. The topological polar surface area (TPSA) is 529 Å². The fourth-order valence-electron chi connectivity index (χ4n) is 11.3. The summed E-state index contributed by atoms with van der Waals surface area (Å²) in [6.07, 6.45) is -24.8. The number of rotatable bonds is 16. The number of hydrogen-bond acceptors (Lipinski definition) is 36. The highest BCUT2D eigenvalue weighted by molar-refractivity contribution is 7.72. The second kappa shape index (κ2) is 35.8. The number of halogens is 8. The van der Waals surface area contributed by atoms with Crippen LogP contribution in [0.15, 0.2) is 141 Å². The van der Waals surface area contributed by atoms with Crippen LogP contribution in [0.3, 0.4) is 0 Å². The van der Waals surface area contributed by atoms with Crippen LogP contribution in [-0.2, 0) is 99.8 Å². The Bertz CT molecular complexity index is 6340. The monoisotopic (exact) mass is 1930 g/mol. The number of aliphatic hydroxyl groups excluding tert-OH is 8. The van der Waals surface area contributed by atoms with E-state index >= 15 is 17.6 Å². The number of aromatic nitrogens is 8. The van der Waals surface area contributed by atoms with Crippen LogP contribution in [0.2, 0.25) is 20.1 Å². The van der Waals surface area contributed by atoms with Gasteiger partial charge in [-0.05, 0) is 24.3 Å². The smallest absolute Gasteiger partial charge is 0.404 e. The molecule has 20 atom stereocenters. The number of para-hydroxylation sites is 4. The number of benzene rings is 4. The predicted octanol–water partition coefficient (Wildman–Crippen LogP) is 8.84. The van der Waals surface area contributed by atoms with Gasteiger partial charge in [0, 0.05) is 47.0 Å². The first kappa shape index (κ1) is 83.1.